The number of carbonyl (C=O) groups is 1. The highest BCUT2D eigenvalue weighted by Gasteiger charge is 2.06. The number of nitrogens with one attached hydrogen (secondary N) is 1. The van der Waals surface area contributed by atoms with E-state index in [0.29, 0.717) is 25.3 Å². The molecule has 23 heavy (non-hydrogen) atoms. The van der Waals surface area contributed by atoms with Gasteiger partial charge in [-0.15, -0.1) is 0 Å². The molecule has 0 spiro atoms. The second-order valence-corrected chi connectivity index (χ2v) is 5.52. The van der Waals surface area contributed by atoms with E-state index in [-0.39, 0.29) is 5.91 Å². The molecule has 0 bridgehead atoms. The first-order valence-corrected chi connectivity index (χ1v) is 7.94. The largest absolute Gasteiger partial charge is 0.399 e. The summed E-state index contributed by atoms with van der Waals surface area (Å²) in [6, 6.07) is 15.4. The maximum Gasteiger partial charge on any atom is 0.224 e. The zero-order valence-electron chi connectivity index (χ0n) is 13.5. The summed E-state index contributed by atoms with van der Waals surface area (Å²) < 4.78 is 5.60. The Morgan fingerprint density at radius 1 is 1.09 bits per heavy atom. The standard InChI is InChI=1S/C19H24N2O2/c1-2-11-23-14-17-6-4-3-5-16(17)13-21-19(22)12-15-7-9-18(20)10-8-15/h3-10H,2,11-14,20H2,1H3,(H,21,22). The zero-order valence-corrected chi connectivity index (χ0v) is 13.5. The first-order chi connectivity index (χ1) is 11.2. The van der Waals surface area contributed by atoms with Gasteiger partial charge in [-0.25, -0.2) is 0 Å². The van der Waals surface area contributed by atoms with E-state index in [1.807, 2.05) is 48.5 Å². The van der Waals surface area contributed by atoms with Gasteiger partial charge in [0.2, 0.25) is 5.91 Å². The molecule has 4 nitrogen and oxygen atoms in total. The van der Waals surface area contributed by atoms with Crippen LogP contribution >= 0.6 is 0 Å². The van der Waals surface area contributed by atoms with E-state index < -0.39 is 0 Å². The Morgan fingerprint density at radius 3 is 2.48 bits per heavy atom. The molecule has 2 rings (SSSR count). The van der Waals surface area contributed by atoms with Crippen molar-refractivity contribution in [2.75, 3.05) is 12.3 Å². The predicted octanol–water partition coefficient (Wildman–Crippen LogP) is 3.05. The van der Waals surface area contributed by atoms with E-state index in [1.54, 1.807) is 0 Å². The summed E-state index contributed by atoms with van der Waals surface area (Å²) in [5.41, 5.74) is 9.52. The second kappa shape index (κ2) is 8.96. The number of nitrogens with two attached hydrogens (primary N) is 1. The molecule has 4 heteroatoms. The second-order valence-electron chi connectivity index (χ2n) is 5.52. The SMILES string of the molecule is CCCOCc1ccccc1CNC(=O)Cc1ccc(N)cc1. The summed E-state index contributed by atoms with van der Waals surface area (Å²) in [6.45, 7) is 3.93. The summed E-state index contributed by atoms with van der Waals surface area (Å²) in [7, 11) is 0. The maximum absolute atomic E-state index is 12.1. The summed E-state index contributed by atoms with van der Waals surface area (Å²) >= 11 is 0. The number of carbonyl (C=O) groups excluding carboxylic acids is 1. The topological polar surface area (TPSA) is 64.3 Å². The minimum Gasteiger partial charge on any atom is -0.399 e. The van der Waals surface area contributed by atoms with Gasteiger partial charge in [0.1, 0.15) is 0 Å². The molecule has 0 aliphatic heterocycles. The highest BCUT2D eigenvalue weighted by atomic mass is 16.5. The van der Waals surface area contributed by atoms with Crippen molar-refractivity contribution in [1.29, 1.82) is 0 Å². The lowest BCUT2D eigenvalue weighted by atomic mass is 10.1. The molecule has 2 aromatic rings. The van der Waals surface area contributed by atoms with Crippen molar-refractivity contribution in [1.82, 2.24) is 5.32 Å². The maximum atomic E-state index is 12.1. The Hall–Kier alpha value is -2.33. The molecule has 0 saturated carbocycles. The molecule has 0 radical (unpaired) electrons. The molecule has 0 aliphatic rings. The van der Waals surface area contributed by atoms with Crippen molar-refractivity contribution in [3.05, 3.63) is 65.2 Å². The van der Waals surface area contributed by atoms with Crippen LogP contribution in [0.4, 0.5) is 5.69 Å². The van der Waals surface area contributed by atoms with Crippen LogP contribution in [0.25, 0.3) is 0 Å². The molecule has 3 N–H and O–H groups in total. The lowest BCUT2D eigenvalue weighted by Gasteiger charge is -2.11. The fourth-order valence-electron chi connectivity index (χ4n) is 2.27. The van der Waals surface area contributed by atoms with Gasteiger partial charge in [-0.1, -0.05) is 43.3 Å². The van der Waals surface area contributed by atoms with Crippen LogP contribution in [0.5, 0.6) is 0 Å². The van der Waals surface area contributed by atoms with E-state index >= 15 is 0 Å². The van der Waals surface area contributed by atoms with Gasteiger partial charge >= 0.3 is 0 Å². The van der Waals surface area contributed by atoms with Crippen molar-refractivity contribution in [3.8, 4) is 0 Å². The lowest BCUT2D eigenvalue weighted by Crippen LogP contribution is -2.25. The monoisotopic (exact) mass is 312 g/mol. The Kier molecular flexibility index (Phi) is 6.63. The first-order valence-electron chi connectivity index (χ1n) is 7.94. The number of anilines is 1. The van der Waals surface area contributed by atoms with Gasteiger partial charge in [-0.2, -0.15) is 0 Å². The number of rotatable bonds is 8. The summed E-state index contributed by atoms with van der Waals surface area (Å²) in [5.74, 6) is -0.000879. The molecule has 0 fully saturated rings. The van der Waals surface area contributed by atoms with Gasteiger partial charge in [0.15, 0.2) is 0 Å². The average Bonchev–Trinajstić information content (AvgIpc) is 2.56. The normalized spacial score (nSPS) is 10.5. The van der Waals surface area contributed by atoms with E-state index in [2.05, 4.69) is 12.2 Å². The van der Waals surface area contributed by atoms with Crippen molar-refractivity contribution in [2.24, 2.45) is 0 Å². The van der Waals surface area contributed by atoms with Crippen LogP contribution in [0.2, 0.25) is 0 Å². The third-order valence-corrected chi connectivity index (χ3v) is 3.54. The van der Waals surface area contributed by atoms with Crippen molar-refractivity contribution < 1.29 is 9.53 Å². The minimum atomic E-state index is -0.000879. The Morgan fingerprint density at radius 2 is 1.78 bits per heavy atom. The molecule has 1 amide bonds. The molecule has 122 valence electrons. The number of hydrogen-bond acceptors (Lipinski definition) is 3. The Bertz CT molecular complexity index is 624. The van der Waals surface area contributed by atoms with Crippen LogP contribution < -0.4 is 11.1 Å². The lowest BCUT2D eigenvalue weighted by molar-refractivity contribution is -0.120. The Balaban J connectivity index is 1.87. The van der Waals surface area contributed by atoms with Crippen molar-refractivity contribution in [3.63, 3.8) is 0 Å². The number of ether oxygens (including phenoxy) is 1. The zero-order chi connectivity index (χ0) is 16.5. The summed E-state index contributed by atoms with van der Waals surface area (Å²) in [6.07, 6.45) is 1.36. The number of amides is 1. The number of nitrogen functional groups attached to an aromatic ring is 1. The van der Waals surface area contributed by atoms with Crippen LogP contribution in [-0.2, 0) is 29.1 Å². The van der Waals surface area contributed by atoms with Crippen LogP contribution in [0, 0.1) is 0 Å². The fourth-order valence-corrected chi connectivity index (χ4v) is 2.27. The quantitative estimate of drug-likeness (QED) is 0.581. The molecule has 0 unspecified atom stereocenters. The van der Waals surface area contributed by atoms with Gasteiger partial charge in [-0.3, -0.25) is 4.79 Å². The van der Waals surface area contributed by atoms with E-state index in [1.165, 1.54) is 0 Å². The van der Waals surface area contributed by atoms with Crippen LogP contribution in [0.15, 0.2) is 48.5 Å². The van der Waals surface area contributed by atoms with Gasteiger partial charge in [0.25, 0.3) is 0 Å². The smallest absolute Gasteiger partial charge is 0.224 e. The molecule has 0 aromatic heterocycles. The summed E-state index contributed by atoms with van der Waals surface area (Å²) in [5, 5.41) is 2.97. The van der Waals surface area contributed by atoms with Crippen molar-refractivity contribution in [2.45, 2.75) is 32.9 Å². The van der Waals surface area contributed by atoms with E-state index in [9.17, 15) is 4.79 Å². The van der Waals surface area contributed by atoms with Crippen molar-refractivity contribution >= 4 is 11.6 Å². The first kappa shape index (κ1) is 17.0. The highest BCUT2D eigenvalue weighted by Crippen LogP contribution is 2.11. The number of benzene rings is 2. The van der Waals surface area contributed by atoms with Gasteiger partial charge < -0.3 is 15.8 Å². The van der Waals surface area contributed by atoms with E-state index in [4.69, 9.17) is 10.5 Å². The molecule has 2 aromatic carbocycles. The molecular formula is C19H24N2O2. The third kappa shape index (κ3) is 5.75. The highest BCUT2D eigenvalue weighted by molar-refractivity contribution is 5.78. The summed E-state index contributed by atoms with van der Waals surface area (Å²) in [4.78, 5) is 12.1. The predicted molar refractivity (Wildman–Crippen MR) is 92.8 cm³/mol. The number of hydrogen-bond donors (Lipinski definition) is 2. The molecule has 0 aliphatic carbocycles. The van der Waals surface area contributed by atoms with Crippen LogP contribution in [0.1, 0.15) is 30.0 Å². The fraction of sp³-hybridized carbons (Fsp3) is 0.316. The molecule has 0 saturated heterocycles. The third-order valence-electron chi connectivity index (χ3n) is 3.54. The average molecular weight is 312 g/mol. The minimum absolute atomic E-state index is 0.000879. The Labute approximate surface area is 137 Å². The molecule has 0 heterocycles. The van der Waals surface area contributed by atoms with Gasteiger partial charge in [0.05, 0.1) is 13.0 Å². The van der Waals surface area contributed by atoms with E-state index in [0.717, 1.165) is 29.7 Å². The molecule has 0 atom stereocenters. The van der Waals surface area contributed by atoms with Crippen LogP contribution in [0.3, 0.4) is 0 Å². The molecular weight excluding hydrogens is 288 g/mol. The van der Waals surface area contributed by atoms with Crippen LogP contribution in [-0.4, -0.2) is 12.5 Å². The van der Waals surface area contributed by atoms with Gasteiger partial charge in [0, 0.05) is 18.8 Å². The van der Waals surface area contributed by atoms with Gasteiger partial charge in [-0.05, 0) is 35.2 Å².